The molecule has 2 aliphatic rings. The monoisotopic (exact) mass is 285 g/mol. The molecule has 21 heavy (non-hydrogen) atoms. The lowest BCUT2D eigenvalue weighted by molar-refractivity contribution is 0.00835. The average molecular weight is 285 g/mol. The van der Waals surface area contributed by atoms with Crippen molar-refractivity contribution in [2.45, 2.75) is 45.8 Å². The summed E-state index contributed by atoms with van der Waals surface area (Å²) in [6.07, 6.45) is 2.05. The lowest BCUT2D eigenvalue weighted by atomic mass is 9.98. The first-order chi connectivity index (χ1) is 10.1. The minimum atomic E-state index is 0.547. The maximum atomic E-state index is 5.31. The number of pyridine rings is 1. The van der Waals surface area contributed by atoms with Crippen LogP contribution in [0.25, 0.3) is 11.0 Å². The molecule has 0 bridgehead atoms. The number of hydrogen-bond acceptors (Lipinski definition) is 3. The summed E-state index contributed by atoms with van der Waals surface area (Å²) < 4.78 is 7.73. The fraction of sp³-hybridized carbons (Fsp3) is 0.588. The molecule has 0 spiro atoms. The van der Waals surface area contributed by atoms with Crippen LogP contribution >= 0.6 is 0 Å². The van der Waals surface area contributed by atoms with E-state index >= 15 is 0 Å². The first-order valence-corrected chi connectivity index (χ1v) is 7.94. The zero-order valence-corrected chi connectivity index (χ0v) is 13.1. The van der Waals surface area contributed by atoms with Crippen LogP contribution in [0.5, 0.6) is 0 Å². The molecule has 0 amide bonds. The van der Waals surface area contributed by atoms with E-state index in [1.165, 1.54) is 22.2 Å². The van der Waals surface area contributed by atoms with Crippen molar-refractivity contribution in [2.75, 3.05) is 19.8 Å². The molecule has 1 fully saturated rings. The average Bonchev–Trinajstić information content (AvgIpc) is 2.70. The predicted octanol–water partition coefficient (Wildman–Crippen LogP) is 2.68. The number of ether oxygens (including phenoxy) is 1. The molecule has 2 aromatic heterocycles. The molecule has 0 aromatic carbocycles. The third kappa shape index (κ3) is 2.00. The Kier molecular flexibility index (Phi) is 3.05. The highest BCUT2D eigenvalue weighted by Crippen LogP contribution is 2.32. The molecule has 0 radical (unpaired) electrons. The molecule has 4 nitrogen and oxygen atoms in total. The first-order valence-electron chi connectivity index (χ1n) is 7.94. The third-order valence-electron chi connectivity index (χ3n) is 5.11. The number of hydrogen-bond donors (Lipinski definition) is 0. The van der Waals surface area contributed by atoms with Gasteiger partial charge in [0.15, 0.2) is 0 Å². The Morgan fingerprint density at radius 3 is 2.76 bits per heavy atom. The molecule has 4 heteroatoms. The smallest absolute Gasteiger partial charge is 0.140 e. The molecule has 1 saturated heterocycles. The summed E-state index contributed by atoms with van der Waals surface area (Å²) in [7, 11) is 0. The Bertz CT molecular complexity index is 685. The summed E-state index contributed by atoms with van der Waals surface area (Å²) in [4.78, 5) is 7.32. The van der Waals surface area contributed by atoms with E-state index in [0.717, 1.165) is 38.5 Å². The normalized spacial score (nSPS) is 20.0. The van der Waals surface area contributed by atoms with E-state index in [2.05, 4.69) is 42.5 Å². The maximum Gasteiger partial charge on any atom is 0.140 e. The van der Waals surface area contributed by atoms with Crippen LogP contribution in [0.2, 0.25) is 0 Å². The van der Waals surface area contributed by atoms with Gasteiger partial charge in [-0.05, 0) is 38.0 Å². The molecule has 0 aliphatic carbocycles. The quantitative estimate of drug-likeness (QED) is 0.850. The zero-order valence-electron chi connectivity index (χ0n) is 13.1. The lowest BCUT2D eigenvalue weighted by Crippen LogP contribution is -2.38. The van der Waals surface area contributed by atoms with Gasteiger partial charge in [0, 0.05) is 48.9 Å². The first kappa shape index (κ1) is 13.3. The number of nitrogens with zero attached hydrogens (tertiary/aromatic N) is 3. The van der Waals surface area contributed by atoms with Crippen LogP contribution in [0.1, 0.15) is 36.6 Å². The Morgan fingerprint density at radius 1 is 1.29 bits per heavy atom. The van der Waals surface area contributed by atoms with Crippen molar-refractivity contribution in [1.29, 1.82) is 0 Å². The van der Waals surface area contributed by atoms with Crippen molar-refractivity contribution in [3.05, 3.63) is 29.1 Å². The fourth-order valence-electron chi connectivity index (χ4n) is 3.49. The maximum absolute atomic E-state index is 5.31. The van der Waals surface area contributed by atoms with Gasteiger partial charge in [-0.2, -0.15) is 0 Å². The third-order valence-corrected chi connectivity index (χ3v) is 5.11. The molecule has 4 heterocycles. The highest BCUT2D eigenvalue weighted by atomic mass is 16.5. The van der Waals surface area contributed by atoms with Gasteiger partial charge in [0.2, 0.25) is 0 Å². The van der Waals surface area contributed by atoms with Crippen molar-refractivity contribution >= 4 is 11.0 Å². The topological polar surface area (TPSA) is 30.3 Å². The second-order valence-electron chi connectivity index (χ2n) is 6.66. The van der Waals surface area contributed by atoms with Crippen molar-refractivity contribution in [3.8, 4) is 0 Å². The van der Waals surface area contributed by atoms with E-state index in [1.807, 2.05) is 0 Å². The molecule has 0 unspecified atom stereocenters. The van der Waals surface area contributed by atoms with E-state index < -0.39 is 0 Å². The Balaban J connectivity index is 1.79. The van der Waals surface area contributed by atoms with Crippen molar-refractivity contribution in [3.63, 3.8) is 0 Å². The van der Waals surface area contributed by atoms with Gasteiger partial charge in [-0.25, -0.2) is 4.98 Å². The predicted molar refractivity (Wildman–Crippen MR) is 83.6 cm³/mol. The molecule has 112 valence electrons. The summed E-state index contributed by atoms with van der Waals surface area (Å²) in [5.74, 6) is 0.547. The summed E-state index contributed by atoms with van der Waals surface area (Å²) in [6.45, 7) is 11.7. The van der Waals surface area contributed by atoms with E-state index in [4.69, 9.17) is 9.72 Å². The van der Waals surface area contributed by atoms with Gasteiger partial charge in [0.25, 0.3) is 0 Å². The van der Waals surface area contributed by atoms with Crippen LogP contribution in [0.15, 0.2) is 12.3 Å². The Morgan fingerprint density at radius 2 is 2.10 bits per heavy atom. The van der Waals surface area contributed by atoms with Crippen molar-refractivity contribution in [1.82, 2.24) is 14.5 Å². The molecular weight excluding hydrogens is 262 g/mol. The van der Waals surface area contributed by atoms with Crippen LogP contribution in [0.3, 0.4) is 0 Å². The van der Waals surface area contributed by atoms with Crippen molar-refractivity contribution < 1.29 is 4.74 Å². The Labute approximate surface area is 125 Å². The molecule has 2 aliphatic heterocycles. The minimum absolute atomic E-state index is 0.547. The van der Waals surface area contributed by atoms with Crippen LogP contribution in [-0.4, -0.2) is 40.3 Å². The number of aryl methyl sites for hydroxylation is 1. The van der Waals surface area contributed by atoms with Crippen LogP contribution in [0, 0.1) is 6.92 Å². The van der Waals surface area contributed by atoms with Crippen LogP contribution in [-0.2, 0) is 17.8 Å². The number of aromatic nitrogens is 2. The standard InChI is InChI=1S/C17H23N3O/c1-11(2)19-4-5-20-16(8-19)12(3)15-6-13(7-18-17(15)20)14-9-21-10-14/h6-7,11,14H,4-5,8-10H2,1-3H3. The highest BCUT2D eigenvalue weighted by molar-refractivity contribution is 5.82. The van der Waals surface area contributed by atoms with Gasteiger partial charge >= 0.3 is 0 Å². The van der Waals surface area contributed by atoms with Gasteiger partial charge < -0.3 is 9.30 Å². The van der Waals surface area contributed by atoms with Gasteiger partial charge in [0.1, 0.15) is 5.65 Å². The van der Waals surface area contributed by atoms with Gasteiger partial charge in [-0.1, -0.05) is 0 Å². The molecule has 4 rings (SSSR count). The highest BCUT2D eigenvalue weighted by Gasteiger charge is 2.26. The van der Waals surface area contributed by atoms with Gasteiger partial charge in [-0.3, -0.25) is 4.90 Å². The molecule has 0 atom stereocenters. The Hall–Kier alpha value is -1.39. The van der Waals surface area contributed by atoms with E-state index in [0.29, 0.717) is 12.0 Å². The summed E-state index contributed by atoms with van der Waals surface area (Å²) in [5.41, 5.74) is 5.35. The molecule has 2 aromatic rings. The molecule has 0 N–H and O–H groups in total. The van der Waals surface area contributed by atoms with Crippen molar-refractivity contribution in [2.24, 2.45) is 0 Å². The van der Waals surface area contributed by atoms with Crippen LogP contribution in [0.4, 0.5) is 0 Å². The van der Waals surface area contributed by atoms with E-state index in [-0.39, 0.29) is 0 Å². The second-order valence-corrected chi connectivity index (χ2v) is 6.66. The molecule has 0 saturated carbocycles. The van der Waals surface area contributed by atoms with E-state index in [1.54, 1.807) is 0 Å². The largest absolute Gasteiger partial charge is 0.380 e. The minimum Gasteiger partial charge on any atom is -0.380 e. The number of rotatable bonds is 2. The van der Waals surface area contributed by atoms with Gasteiger partial charge in [0.05, 0.1) is 13.2 Å². The SMILES string of the molecule is Cc1c2n(c3ncc(C4COC4)cc13)CCN(C(C)C)C2. The lowest BCUT2D eigenvalue weighted by Gasteiger charge is -2.32. The second kappa shape index (κ2) is 4.82. The number of fused-ring (bicyclic) bond motifs is 3. The fourth-order valence-corrected chi connectivity index (χ4v) is 3.49. The summed E-state index contributed by atoms with van der Waals surface area (Å²) in [6, 6.07) is 2.95. The van der Waals surface area contributed by atoms with Crippen LogP contribution < -0.4 is 0 Å². The molecular formula is C17H23N3O. The van der Waals surface area contributed by atoms with E-state index in [9.17, 15) is 0 Å². The summed E-state index contributed by atoms with van der Waals surface area (Å²) in [5, 5.41) is 1.33. The summed E-state index contributed by atoms with van der Waals surface area (Å²) >= 11 is 0. The van der Waals surface area contributed by atoms with Gasteiger partial charge in [-0.15, -0.1) is 0 Å². The zero-order chi connectivity index (χ0) is 14.6.